The summed E-state index contributed by atoms with van der Waals surface area (Å²) < 4.78 is 0. The highest BCUT2D eigenvalue weighted by molar-refractivity contribution is 5.94. The summed E-state index contributed by atoms with van der Waals surface area (Å²) in [5, 5.41) is 27.6. The predicted molar refractivity (Wildman–Crippen MR) is 141 cm³/mol. The van der Waals surface area contributed by atoms with E-state index in [1.54, 1.807) is 0 Å². The van der Waals surface area contributed by atoms with Crippen molar-refractivity contribution in [1.82, 2.24) is 21.3 Å². The third-order valence-electron chi connectivity index (χ3n) is 6.19. The van der Waals surface area contributed by atoms with Crippen LogP contribution in [0.5, 0.6) is 0 Å². The van der Waals surface area contributed by atoms with Crippen LogP contribution >= 0.6 is 0 Å². The minimum atomic E-state index is -1.32. The molecule has 0 heterocycles. The molecule has 0 bridgehead atoms. The van der Waals surface area contributed by atoms with E-state index in [-0.39, 0.29) is 11.8 Å². The van der Waals surface area contributed by atoms with Gasteiger partial charge in [0.2, 0.25) is 11.8 Å². The molecule has 2 atom stereocenters. The van der Waals surface area contributed by atoms with E-state index in [0.717, 1.165) is 25.7 Å². The van der Waals surface area contributed by atoms with Gasteiger partial charge in [-0.2, -0.15) is 0 Å². The molecule has 0 aromatic carbocycles. The van der Waals surface area contributed by atoms with E-state index >= 15 is 0 Å². The predicted octanol–water partition coefficient (Wildman–Crippen LogP) is 4.48. The fourth-order valence-corrected chi connectivity index (χ4v) is 4.16. The fourth-order valence-electron chi connectivity index (χ4n) is 4.16. The van der Waals surface area contributed by atoms with E-state index in [0.29, 0.717) is 13.1 Å². The average molecular weight is 515 g/mol. The van der Waals surface area contributed by atoms with Crippen molar-refractivity contribution in [3.8, 4) is 0 Å². The van der Waals surface area contributed by atoms with Gasteiger partial charge in [0.25, 0.3) is 0 Å². The van der Waals surface area contributed by atoms with Crippen LogP contribution in [0.4, 0.5) is 9.59 Å². The van der Waals surface area contributed by atoms with Crippen LogP contribution in [0.25, 0.3) is 0 Å². The van der Waals surface area contributed by atoms with Gasteiger partial charge in [-0.15, -0.1) is 0 Å². The Bertz CT molecular complexity index is 588. The van der Waals surface area contributed by atoms with E-state index in [1.165, 1.54) is 51.4 Å². The molecular weight excluding hydrogens is 464 g/mol. The number of hydrogen-bond acceptors (Lipinski definition) is 6. The minimum Gasteiger partial charge on any atom is -0.465 e. The SMILES string of the molecule is CC(C)C(NCCCCCCCCCCCCCCNC(C(=O)NC(=O)O)C(C)C)C(=O)NC(=O)O. The molecule has 210 valence electrons. The zero-order chi connectivity index (χ0) is 27.3. The van der Waals surface area contributed by atoms with Gasteiger partial charge in [0.15, 0.2) is 0 Å². The van der Waals surface area contributed by atoms with Crippen molar-refractivity contribution in [2.75, 3.05) is 13.1 Å². The number of nitrogens with one attached hydrogen (secondary N) is 4. The van der Waals surface area contributed by atoms with Crippen LogP contribution in [0, 0.1) is 11.8 Å². The molecule has 0 aromatic rings. The first-order chi connectivity index (χ1) is 17.1. The molecular formula is C26H50N4O6. The Morgan fingerprint density at radius 3 is 0.972 bits per heavy atom. The van der Waals surface area contributed by atoms with Gasteiger partial charge in [0, 0.05) is 0 Å². The molecule has 0 aliphatic heterocycles. The van der Waals surface area contributed by atoms with Crippen LogP contribution < -0.4 is 21.3 Å². The number of carbonyl (C=O) groups excluding carboxylic acids is 2. The minimum absolute atomic E-state index is 0.0249. The molecule has 0 aliphatic rings. The fraction of sp³-hybridized carbons (Fsp3) is 0.846. The molecule has 2 unspecified atom stereocenters. The Balaban J connectivity index is 3.61. The maximum absolute atomic E-state index is 11.9. The van der Waals surface area contributed by atoms with Crippen molar-refractivity contribution in [3.05, 3.63) is 0 Å². The molecule has 0 spiro atoms. The van der Waals surface area contributed by atoms with Gasteiger partial charge >= 0.3 is 12.2 Å². The summed E-state index contributed by atoms with van der Waals surface area (Å²) in [6.45, 7) is 9.00. The number of unbranched alkanes of at least 4 members (excludes halogenated alkanes) is 11. The molecule has 0 rings (SSSR count). The van der Waals surface area contributed by atoms with Gasteiger partial charge in [0.05, 0.1) is 12.1 Å². The second kappa shape index (κ2) is 20.9. The molecule has 4 amide bonds. The number of amides is 4. The summed E-state index contributed by atoms with van der Waals surface area (Å²) in [5.41, 5.74) is 0. The third-order valence-corrected chi connectivity index (χ3v) is 6.19. The van der Waals surface area contributed by atoms with Crippen LogP contribution in [-0.4, -0.2) is 59.4 Å². The summed E-state index contributed by atoms with van der Waals surface area (Å²) >= 11 is 0. The summed E-state index contributed by atoms with van der Waals surface area (Å²) in [5.74, 6) is -0.930. The average Bonchev–Trinajstić information content (AvgIpc) is 2.76. The number of carboxylic acid groups (broad SMARTS) is 2. The second-order valence-electron chi connectivity index (χ2n) is 10.2. The van der Waals surface area contributed by atoms with E-state index < -0.39 is 36.1 Å². The first-order valence-corrected chi connectivity index (χ1v) is 13.6. The molecule has 0 saturated heterocycles. The van der Waals surface area contributed by atoms with E-state index in [4.69, 9.17) is 10.2 Å². The van der Waals surface area contributed by atoms with Crippen molar-refractivity contribution in [1.29, 1.82) is 0 Å². The van der Waals surface area contributed by atoms with Gasteiger partial charge in [0.1, 0.15) is 0 Å². The van der Waals surface area contributed by atoms with Gasteiger partial charge in [-0.3, -0.25) is 20.2 Å². The molecule has 0 aliphatic carbocycles. The first kappa shape index (κ1) is 33.8. The zero-order valence-corrected chi connectivity index (χ0v) is 22.7. The standard InChI is InChI=1S/C26H50N4O6/c1-19(2)21(23(31)29-25(33)34)27-17-15-13-11-9-7-5-6-8-10-12-14-16-18-28-22(20(3)4)24(32)30-26(35)36/h19-22,27-28H,5-18H2,1-4H3,(H,29,31)(H,30,32)(H,33,34)(H,35,36). The monoisotopic (exact) mass is 514 g/mol. The van der Waals surface area contributed by atoms with Gasteiger partial charge in [-0.1, -0.05) is 91.9 Å². The van der Waals surface area contributed by atoms with Crippen LogP contribution in [0.2, 0.25) is 0 Å². The van der Waals surface area contributed by atoms with Gasteiger partial charge in [-0.25, -0.2) is 9.59 Å². The smallest absolute Gasteiger partial charge is 0.411 e. The Morgan fingerprint density at radius 2 is 0.750 bits per heavy atom. The second-order valence-corrected chi connectivity index (χ2v) is 10.2. The largest absolute Gasteiger partial charge is 0.465 e. The highest BCUT2D eigenvalue weighted by Crippen LogP contribution is 2.12. The summed E-state index contributed by atoms with van der Waals surface area (Å²) in [6, 6.07) is -0.973. The third kappa shape index (κ3) is 18.1. The van der Waals surface area contributed by atoms with Gasteiger partial charge < -0.3 is 20.8 Å². The summed E-state index contributed by atoms with van der Waals surface area (Å²) in [7, 11) is 0. The Labute approximate surface area is 216 Å². The lowest BCUT2D eigenvalue weighted by atomic mass is 10.0. The topological polar surface area (TPSA) is 157 Å². The molecule has 0 aromatic heterocycles. The van der Waals surface area contributed by atoms with Crippen molar-refractivity contribution in [3.63, 3.8) is 0 Å². The first-order valence-electron chi connectivity index (χ1n) is 13.6. The van der Waals surface area contributed by atoms with Crippen molar-refractivity contribution >= 4 is 24.0 Å². The number of carbonyl (C=O) groups is 4. The van der Waals surface area contributed by atoms with Crippen molar-refractivity contribution in [2.24, 2.45) is 11.8 Å². The lowest BCUT2D eigenvalue weighted by Gasteiger charge is -2.20. The maximum Gasteiger partial charge on any atom is 0.411 e. The van der Waals surface area contributed by atoms with Crippen LogP contribution in [0.1, 0.15) is 105 Å². The van der Waals surface area contributed by atoms with E-state index in [1.807, 2.05) is 38.3 Å². The van der Waals surface area contributed by atoms with Crippen LogP contribution in [0.15, 0.2) is 0 Å². The van der Waals surface area contributed by atoms with E-state index in [9.17, 15) is 19.2 Å². The Morgan fingerprint density at radius 1 is 0.500 bits per heavy atom. The maximum atomic E-state index is 11.9. The highest BCUT2D eigenvalue weighted by atomic mass is 16.4. The summed E-state index contributed by atoms with van der Waals surface area (Å²) in [4.78, 5) is 45.1. The Hall–Kier alpha value is -2.20. The highest BCUT2D eigenvalue weighted by Gasteiger charge is 2.23. The van der Waals surface area contributed by atoms with Crippen molar-refractivity contribution in [2.45, 2.75) is 117 Å². The lowest BCUT2D eigenvalue weighted by Crippen LogP contribution is -2.49. The molecule has 6 N–H and O–H groups in total. The normalized spacial score (nSPS) is 12.9. The summed E-state index contributed by atoms with van der Waals surface area (Å²) in [6.07, 6.45) is 11.3. The van der Waals surface area contributed by atoms with Crippen molar-refractivity contribution < 1.29 is 29.4 Å². The zero-order valence-electron chi connectivity index (χ0n) is 22.7. The molecule has 36 heavy (non-hydrogen) atoms. The lowest BCUT2D eigenvalue weighted by molar-refractivity contribution is -0.124. The molecule has 10 nitrogen and oxygen atoms in total. The molecule has 0 radical (unpaired) electrons. The number of rotatable bonds is 21. The number of imide groups is 2. The Kier molecular flexibility index (Phi) is 19.7. The molecule has 0 fully saturated rings. The number of hydrogen-bond donors (Lipinski definition) is 6. The van der Waals surface area contributed by atoms with Crippen LogP contribution in [-0.2, 0) is 9.59 Å². The van der Waals surface area contributed by atoms with E-state index in [2.05, 4.69) is 10.6 Å². The molecule has 0 saturated carbocycles. The van der Waals surface area contributed by atoms with Gasteiger partial charge in [-0.05, 0) is 37.8 Å². The quantitative estimate of drug-likeness (QED) is 0.122. The molecule has 10 heteroatoms. The van der Waals surface area contributed by atoms with Crippen LogP contribution in [0.3, 0.4) is 0 Å².